The van der Waals surface area contributed by atoms with Crippen LogP contribution in [0.15, 0.2) is 35.3 Å². The summed E-state index contributed by atoms with van der Waals surface area (Å²) in [6, 6.07) is 9.82. The number of aliphatic hydroxyl groups excluding tert-OH is 1. The van der Waals surface area contributed by atoms with Gasteiger partial charge >= 0.3 is 0 Å². The molecule has 5 rings (SSSR count). The quantitative estimate of drug-likeness (QED) is 0.363. The second-order valence-electron chi connectivity index (χ2n) is 9.97. The summed E-state index contributed by atoms with van der Waals surface area (Å²) in [7, 11) is -5.33. The molecule has 1 aromatic carbocycles. The monoisotopic (exact) mass is 568 g/mol. The normalized spacial score (nSPS) is 17.2. The van der Waals surface area contributed by atoms with Gasteiger partial charge in [-0.05, 0) is 55.9 Å². The van der Waals surface area contributed by atoms with E-state index in [9.17, 15) is 24.3 Å². The van der Waals surface area contributed by atoms with Crippen molar-refractivity contribution in [2.45, 2.75) is 44.9 Å². The van der Waals surface area contributed by atoms with Crippen LogP contribution >= 0.6 is 7.82 Å². The van der Waals surface area contributed by atoms with E-state index in [2.05, 4.69) is 35.9 Å². The molecule has 2 aromatic heterocycles. The van der Waals surface area contributed by atoms with Crippen molar-refractivity contribution in [3.05, 3.63) is 40.8 Å². The third-order valence-electron chi connectivity index (χ3n) is 7.27. The van der Waals surface area contributed by atoms with Gasteiger partial charge in [0.15, 0.2) is 0 Å². The number of fused-ring (bicyclic) bond motifs is 1. The number of nitrogens with one attached hydrogen (secondary N) is 1. The van der Waals surface area contributed by atoms with Gasteiger partial charge in [-0.2, -0.15) is 15.3 Å². The average Bonchev–Trinajstić information content (AvgIpc) is 2.93. The molecule has 2 saturated heterocycles. The first kappa shape index (κ1) is 27.9. The number of aromatic nitrogens is 4. The van der Waals surface area contributed by atoms with Gasteiger partial charge < -0.3 is 39.1 Å². The number of nitriles is 1. The van der Waals surface area contributed by atoms with Crippen molar-refractivity contribution < 1.29 is 24.0 Å². The van der Waals surface area contributed by atoms with E-state index >= 15 is 0 Å². The molecule has 212 valence electrons. The molecule has 0 amide bonds. The van der Waals surface area contributed by atoms with E-state index < -0.39 is 20.1 Å². The number of anilines is 4. The maximum Gasteiger partial charge on any atom is 0.282 e. The Morgan fingerprint density at radius 1 is 1.07 bits per heavy atom. The van der Waals surface area contributed by atoms with Gasteiger partial charge in [-0.15, -0.1) is 0 Å². The average molecular weight is 569 g/mol. The molecule has 4 heterocycles. The van der Waals surface area contributed by atoms with E-state index in [1.165, 1.54) is 6.20 Å². The van der Waals surface area contributed by atoms with Crippen LogP contribution in [0.1, 0.15) is 32.1 Å². The summed E-state index contributed by atoms with van der Waals surface area (Å²) in [4.78, 5) is 48.6. The van der Waals surface area contributed by atoms with Crippen LogP contribution in [0.2, 0.25) is 0 Å². The van der Waals surface area contributed by atoms with Crippen LogP contribution in [-0.2, 0) is 15.8 Å². The SMILES string of the molecule is N#CCC1CCN(c2nc(Nc3ccc(N4CCC(O)CC4)cc3)c3c(=O)n(COP(=O)([O-])[O-])ncc3n2)CC1. The second-order valence-corrected chi connectivity index (χ2v) is 11.1. The van der Waals surface area contributed by atoms with Gasteiger partial charge in [-0.25, -0.2) is 9.67 Å². The van der Waals surface area contributed by atoms with E-state index in [0.717, 1.165) is 36.3 Å². The number of hydrogen-bond acceptors (Lipinski definition) is 13. The minimum atomic E-state index is -5.33. The Bertz CT molecular complexity index is 1490. The van der Waals surface area contributed by atoms with E-state index in [0.29, 0.717) is 49.9 Å². The maximum atomic E-state index is 13.3. The lowest BCUT2D eigenvalue weighted by Crippen LogP contribution is -2.35. The van der Waals surface area contributed by atoms with Crippen molar-refractivity contribution in [2.24, 2.45) is 5.92 Å². The summed E-state index contributed by atoms with van der Waals surface area (Å²) in [5, 5.41) is 26.0. The highest BCUT2D eigenvalue weighted by atomic mass is 31.2. The number of piperidine rings is 2. The predicted octanol–water partition coefficient (Wildman–Crippen LogP) is 0.824. The fraction of sp³-hybridized carbons (Fsp3) is 0.480. The van der Waals surface area contributed by atoms with Crippen LogP contribution in [0, 0.1) is 17.2 Å². The van der Waals surface area contributed by atoms with Crippen LogP contribution in [0.3, 0.4) is 0 Å². The first-order valence-electron chi connectivity index (χ1n) is 13.1. The molecule has 2 fully saturated rings. The van der Waals surface area contributed by atoms with Crippen molar-refractivity contribution >= 4 is 41.9 Å². The molecule has 0 unspecified atom stereocenters. The molecule has 0 saturated carbocycles. The molecule has 0 atom stereocenters. The highest BCUT2D eigenvalue weighted by molar-refractivity contribution is 7.43. The fourth-order valence-electron chi connectivity index (χ4n) is 5.01. The molecule has 40 heavy (non-hydrogen) atoms. The molecule has 14 nitrogen and oxygen atoms in total. The standard InChI is InChI=1S/C25H31N8O6P/c26-10-5-17-6-11-32(12-7-17)25-29-21-15-27-33(16-39-40(36,37)38)24(35)22(21)23(30-25)28-18-1-3-19(4-2-18)31-13-8-20(34)9-14-31/h1-4,15,17,20,34H,5-9,11-14,16H2,(H,28,29,30)(H2,36,37,38)/p-2. The van der Waals surface area contributed by atoms with Crippen molar-refractivity contribution in [1.82, 2.24) is 19.7 Å². The Kier molecular flexibility index (Phi) is 8.30. The zero-order valence-electron chi connectivity index (χ0n) is 21.7. The first-order valence-corrected chi connectivity index (χ1v) is 14.5. The van der Waals surface area contributed by atoms with Gasteiger partial charge in [-0.1, -0.05) is 0 Å². The van der Waals surface area contributed by atoms with Crippen LogP contribution in [0.25, 0.3) is 10.9 Å². The summed E-state index contributed by atoms with van der Waals surface area (Å²) < 4.78 is 15.9. The van der Waals surface area contributed by atoms with Crippen LogP contribution in [0.5, 0.6) is 0 Å². The molecule has 0 aliphatic carbocycles. The van der Waals surface area contributed by atoms with Gasteiger partial charge in [0.05, 0.1) is 26.2 Å². The summed E-state index contributed by atoms with van der Waals surface area (Å²) in [6.07, 6.45) is 4.57. The van der Waals surface area contributed by atoms with E-state index in [1.807, 2.05) is 29.2 Å². The number of benzene rings is 1. The molecule has 0 bridgehead atoms. The molecular weight excluding hydrogens is 539 g/mol. The van der Waals surface area contributed by atoms with Gasteiger partial charge in [-0.3, -0.25) is 4.79 Å². The largest absolute Gasteiger partial charge is 0.790 e. The van der Waals surface area contributed by atoms with E-state index in [4.69, 9.17) is 5.26 Å². The Balaban J connectivity index is 1.46. The van der Waals surface area contributed by atoms with E-state index in [1.54, 1.807) is 0 Å². The molecule has 2 N–H and O–H groups in total. The topological polar surface area (TPSA) is 196 Å². The number of phosphoric acid groups is 1. The second kappa shape index (κ2) is 11.9. The van der Waals surface area contributed by atoms with Gasteiger partial charge in [0.1, 0.15) is 23.5 Å². The number of nitrogens with zero attached hydrogens (tertiary/aromatic N) is 7. The van der Waals surface area contributed by atoms with Gasteiger partial charge in [0, 0.05) is 44.0 Å². The Labute approximate surface area is 230 Å². The Morgan fingerprint density at radius 2 is 1.75 bits per heavy atom. The minimum Gasteiger partial charge on any atom is -0.790 e. The number of rotatable bonds is 8. The van der Waals surface area contributed by atoms with Crippen LogP contribution in [0.4, 0.5) is 23.1 Å². The summed E-state index contributed by atoms with van der Waals surface area (Å²) in [5.74, 6) is 0.905. The van der Waals surface area contributed by atoms with Crippen LogP contribution in [-0.4, -0.2) is 57.1 Å². The zero-order chi connectivity index (χ0) is 28.3. The van der Waals surface area contributed by atoms with Gasteiger partial charge in [0.25, 0.3) is 5.56 Å². The molecule has 0 radical (unpaired) electrons. The number of phosphoric ester groups is 1. The van der Waals surface area contributed by atoms with Crippen molar-refractivity contribution in [3.63, 3.8) is 0 Å². The molecule has 0 spiro atoms. The fourth-order valence-corrected chi connectivity index (χ4v) is 5.26. The molecule has 3 aromatic rings. The van der Waals surface area contributed by atoms with Crippen molar-refractivity contribution in [1.29, 1.82) is 5.26 Å². The highest BCUT2D eigenvalue weighted by Crippen LogP contribution is 2.29. The third kappa shape index (κ3) is 6.57. The molecular formula is C25H29N8O6P-2. The van der Waals surface area contributed by atoms with Crippen molar-refractivity contribution in [2.75, 3.05) is 41.3 Å². The third-order valence-corrected chi connectivity index (χ3v) is 7.70. The smallest absolute Gasteiger partial charge is 0.282 e. The molecule has 2 aliphatic heterocycles. The lowest BCUT2D eigenvalue weighted by molar-refractivity contribution is -0.344. The first-order chi connectivity index (χ1) is 19.2. The summed E-state index contributed by atoms with van der Waals surface area (Å²) in [6.45, 7) is 1.94. The predicted molar refractivity (Wildman–Crippen MR) is 143 cm³/mol. The summed E-state index contributed by atoms with van der Waals surface area (Å²) in [5.41, 5.74) is 1.18. The highest BCUT2D eigenvalue weighted by Gasteiger charge is 2.23. The lowest BCUT2D eigenvalue weighted by atomic mass is 9.94. The van der Waals surface area contributed by atoms with E-state index in [-0.39, 0.29) is 22.8 Å². The Morgan fingerprint density at radius 3 is 2.40 bits per heavy atom. The number of hydrogen-bond donors (Lipinski definition) is 2. The molecule has 15 heteroatoms. The Hall–Kier alpha value is -3.60. The maximum absolute atomic E-state index is 13.3. The minimum absolute atomic E-state index is 0.0578. The zero-order valence-corrected chi connectivity index (χ0v) is 22.6. The van der Waals surface area contributed by atoms with Crippen molar-refractivity contribution in [3.8, 4) is 6.07 Å². The number of aliphatic hydroxyl groups is 1. The van der Waals surface area contributed by atoms with Crippen LogP contribution < -0.4 is 30.5 Å². The van der Waals surface area contributed by atoms with Gasteiger partial charge in [0.2, 0.25) is 5.95 Å². The molecule has 2 aliphatic rings. The lowest BCUT2D eigenvalue weighted by Gasteiger charge is -2.31. The summed E-state index contributed by atoms with van der Waals surface area (Å²) >= 11 is 0.